The third-order valence-electron chi connectivity index (χ3n) is 3.80. The number of carbonyl (C=O) groups is 1. The summed E-state index contributed by atoms with van der Waals surface area (Å²) in [4.78, 5) is 19.7. The van der Waals surface area contributed by atoms with E-state index in [2.05, 4.69) is 38.8 Å². The van der Waals surface area contributed by atoms with E-state index in [1.54, 1.807) is 11.3 Å². The van der Waals surface area contributed by atoms with E-state index in [-0.39, 0.29) is 12.3 Å². The monoisotopic (exact) mass is 366 g/mol. The van der Waals surface area contributed by atoms with Crippen molar-refractivity contribution in [2.24, 2.45) is 4.99 Å². The number of aliphatic imine (C=N–C) groups is 1. The average molecular weight is 366 g/mol. The van der Waals surface area contributed by atoms with Gasteiger partial charge in [-0.2, -0.15) is 0 Å². The number of nitrogens with one attached hydrogen (secondary N) is 2. The minimum Gasteiger partial charge on any atom is -0.361 e. The highest BCUT2D eigenvalue weighted by molar-refractivity contribution is 7.22. The first-order valence-electron chi connectivity index (χ1n) is 8.56. The van der Waals surface area contributed by atoms with E-state index in [4.69, 9.17) is 0 Å². The minimum absolute atomic E-state index is 0.0575. The first-order chi connectivity index (χ1) is 12.6. The third-order valence-corrected chi connectivity index (χ3v) is 4.80. The zero-order chi connectivity index (χ0) is 18.4. The molecule has 1 aromatic heterocycles. The van der Waals surface area contributed by atoms with E-state index in [1.807, 2.05) is 37.3 Å². The van der Waals surface area contributed by atoms with Crippen molar-refractivity contribution in [3.8, 4) is 0 Å². The van der Waals surface area contributed by atoms with Gasteiger partial charge in [0.1, 0.15) is 0 Å². The molecule has 3 rings (SSSR count). The van der Waals surface area contributed by atoms with Crippen molar-refractivity contribution >= 4 is 44.0 Å². The molecule has 0 radical (unpaired) electrons. The molecule has 0 spiro atoms. The molecule has 6 heteroatoms. The Morgan fingerprint density at radius 2 is 1.88 bits per heavy atom. The number of hydrogen-bond acceptors (Lipinski definition) is 5. The Labute approximate surface area is 157 Å². The Hall–Kier alpha value is -2.73. The first-order valence-corrected chi connectivity index (χ1v) is 9.38. The molecule has 0 saturated heterocycles. The van der Waals surface area contributed by atoms with Gasteiger partial charge in [0.2, 0.25) is 0 Å². The number of Topliss-reactive ketones (excluding diaryl/α,β-unsaturated/α-hetero) is 1. The van der Waals surface area contributed by atoms with Crippen molar-refractivity contribution in [2.45, 2.75) is 20.3 Å². The fourth-order valence-corrected chi connectivity index (χ4v) is 3.39. The van der Waals surface area contributed by atoms with E-state index in [9.17, 15) is 4.79 Å². The number of fused-ring (bicyclic) bond motifs is 1. The van der Waals surface area contributed by atoms with Crippen LogP contribution in [0.15, 0.2) is 53.5 Å². The van der Waals surface area contributed by atoms with Gasteiger partial charge in [-0.15, -0.1) is 0 Å². The van der Waals surface area contributed by atoms with E-state index in [0.717, 1.165) is 35.1 Å². The molecular formula is C20H22N4OS. The van der Waals surface area contributed by atoms with Gasteiger partial charge in [0.05, 0.1) is 22.6 Å². The van der Waals surface area contributed by atoms with E-state index < -0.39 is 0 Å². The van der Waals surface area contributed by atoms with Crippen LogP contribution in [0.1, 0.15) is 19.4 Å². The normalized spacial score (nSPS) is 11.5. The molecule has 0 aliphatic heterocycles. The fraction of sp³-hybridized carbons (Fsp3) is 0.250. The number of nitrogens with zero attached hydrogens (tertiary/aromatic N) is 2. The summed E-state index contributed by atoms with van der Waals surface area (Å²) in [5, 5.41) is 7.55. The number of amidine groups is 1. The summed E-state index contributed by atoms with van der Waals surface area (Å²) in [6, 6.07) is 16.4. The summed E-state index contributed by atoms with van der Waals surface area (Å²) in [6.07, 6.45) is 0.924. The molecule has 0 aliphatic carbocycles. The Balaban J connectivity index is 1.49. The molecule has 134 valence electrons. The number of thiazole rings is 1. The van der Waals surface area contributed by atoms with Gasteiger partial charge in [0.25, 0.3) is 0 Å². The highest BCUT2D eigenvalue weighted by Crippen LogP contribution is 2.25. The van der Waals surface area contributed by atoms with Crippen molar-refractivity contribution in [3.63, 3.8) is 0 Å². The average Bonchev–Trinajstić information content (AvgIpc) is 3.04. The summed E-state index contributed by atoms with van der Waals surface area (Å²) < 4.78 is 1.20. The lowest BCUT2D eigenvalue weighted by molar-refractivity contribution is -0.115. The van der Waals surface area contributed by atoms with Crippen LogP contribution in [0, 0.1) is 0 Å². The molecular weight excluding hydrogens is 344 g/mol. The summed E-state index contributed by atoms with van der Waals surface area (Å²) in [7, 11) is 0. The summed E-state index contributed by atoms with van der Waals surface area (Å²) in [6.45, 7) is 4.45. The highest BCUT2D eigenvalue weighted by Gasteiger charge is 2.02. The van der Waals surface area contributed by atoms with Crippen molar-refractivity contribution < 1.29 is 4.79 Å². The maximum atomic E-state index is 11.0. The minimum atomic E-state index is 0.0575. The van der Waals surface area contributed by atoms with Gasteiger partial charge in [0.15, 0.2) is 10.9 Å². The topological polar surface area (TPSA) is 66.4 Å². The van der Waals surface area contributed by atoms with Gasteiger partial charge in [0, 0.05) is 12.2 Å². The van der Waals surface area contributed by atoms with Gasteiger partial charge in [-0.3, -0.25) is 9.79 Å². The Morgan fingerprint density at radius 1 is 1.12 bits per heavy atom. The van der Waals surface area contributed by atoms with Gasteiger partial charge in [-0.25, -0.2) is 4.98 Å². The van der Waals surface area contributed by atoms with E-state index >= 15 is 0 Å². The maximum absolute atomic E-state index is 11.0. The first kappa shape index (κ1) is 18.1. The quantitative estimate of drug-likeness (QED) is 0.481. The Morgan fingerprint density at radius 3 is 2.62 bits per heavy atom. The SMILES string of the molecule is CC(=O)CN=C(C)Nc1ccc(CCNc2nc3ccccc3s2)cc1. The zero-order valence-electron chi connectivity index (χ0n) is 15.0. The number of ketones is 1. The van der Waals surface area contributed by atoms with Crippen LogP contribution in [0.4, 0.5) is 10.8 Å². The number of anilines is 2. The third kappa shape index (κ3) is 5.13. The number of rotatable bonds is 7. The number of hydrogen-bond donors (Lipinski definition) is 2. The number of carbonyl (C=O) groups excluding carboxylic acids is 1. The van der Waals surface area contributed by atoms with E-state index in [1.165, 1.54) is 17.2 Å². The van der Waals surface area contributed by atoms with Crippen LogP contribution in [0.5, 0.6) is 0 Å². The van der Waals surface area contributed by atoms with Crippen molar-refractivity contribution in [1.29, 1.82) is 0 Å². The Bertz CT molecular complexity index is 882. The van der Waals surface area contributed by atoms with Crippen LogP contribution in [0.2, 0.25) is 0 Å². The van der Waals surface area contributed by atoms with Gasteiger partial charge in [-0.1, -0.05) is 35.6 Å². The van der Waals surface area contributed by atoms with Gasteiger partial charge >= 0.3 is 0 Å². The molecule has 0 saturated carbocycles. The van der Waals surface area contributed by atoms with Gasteiger partial charge in [-0.05, 0) is 50.1 Å². The molecule has 1 heterocycles. The molecule has 0 bridgehead atoms. The largest absolute Gasteiger partial charge is 0.361 e. The number of para-hydroxylation sites is 1. The summed E-state index contributed by atoms with van der Waals surface area (Å²) >= 11 is 1.68. The molecule has 0 aliphatic rings. The summed E-state index contributed by atoms with van der Waals surface area (Å²) in [5.74, 6) is 0.799. The molecule has 0 unspecified atom stereocenters. The second kappa shape index (κ2) is 8.58. The predicted octanol–water partition coefficient (Wildman–Crippen LogP) is 4.37. The van der Waals surface area contributed by atoms with Crippen LogP contribution < -0.4 is 10.6 Å². The lowest BCUT2D eigenvalue weighted by Gasteiger charge is -2.07. The van der Waals surface area contributed by atoms with Gasteiger partial charge < -0.3 is 10.6 Å². The van der Waals surface area contributed by atoms with Crippen LogP contribution >= 0.6 is 11.3 Å². The number of benzene rings is 2. The molecule has 3 aromatic rings. The maximum Gasteiger partial charge on any atom is 0.183 e. The van der Waals surface area contributed by atoms with E-state index in [0.29, 0.717) is 0 Å². The smallest absolute Gasteiger partial charge is 0.183 e. The van der Waals surface area contributed by atoms with Crippen LogP contribution in [-0.2, 0) is 11.2 Å². The van der Waals surface area contributed by atoms with Crippen LogP contribution in [0.3, 0.4) is 0 Å². The lowest BCUT2D eigenvalue weighted by Crippen LogP contribution is -2.10. The molecule has 0 fully saturated rings. The lowest BCUT2D eigenvalue weighted by atomic mass is 10.1. The molecule has 26 heavy (non-hydrogen) atoms. The Kier molecular flexibility index (Phi) is 5.96. The second-order valence-corrected chi connectivity index (χ2v) is 7.12. The predicted molar refractivity (Wildman–Crippen MR) is 111 cm³/mol. The van der Waals surface area contributed by atoms with Crippen molar-refractivity contribution in [2.75, 3.05) is 23.7 Å². The summed E-state index contributed by atoms with van der Waals surface area (Å²) in [5.41, 5.74) is 3.26. The standard InChI is InChI=1S/C20H22N4OS/c1-14(25)13-22-15(2)23-17-9-7-16(8-10-17)11-12-21-20-24-18-5-3-4-6-19(18)26-20/h3-10H,11-13H2,1-2H3,(H,21,24)(H,22,23). The molecule has 0 atom stereocenters. The fourth-order valence-electron chi connectivity index (χ4n) is 2.49. The molecule has 0 amide bonds. The van der Waals surface area contributed by atoms with Crippen molar-refractivity contribution in [3.05, 3.63) is 54.1 Å². The van der Waals surface area contributed by atoms with Crippen LogP contribution in [0.25, 0.3) is 10.2 Å². The van der Waals surface area contributed by atoms with Crippen LogP contribution in [-0.4, -0.2) is 29.7 Å². The van der Waals surface area contributed by atoms with Crippen molar-refractivity contribution in [1.82, 2.24) is 4.98 Å². The zero-order valence-corrected chi connectivity index (χ0v) is 15.8. The molecule has 2 N–H and O–H groups in total. The highest BCUT2D eigenvalue weighted by atomic mass is 32.1. The molecule has 5 nitrogen and oxygen atoms in total. The second-order valence-electron chi connectivity index (χ2n) is 6.09. The number of aromatic nitrogens is 1. The molecule has 2 aromatic carbocycles.